The van der Waals surface area contributed by atoms with Gasteiger partial charge in [-0.3, -0.25) is 0 Å². The summed E-state index contributed by atoms with van der Waals surface area (Å²) in [6.07, 6.45) is 0. The third kappa shape index (κ3) is 2.66. The molecule has 0 heterocycles. The van der Waals surface area contributed by atoms with Crippen LogP contribution in [0.15, 0.2) is 0 Å². The summed E-state index contributed by atoms with van der Waals surface area (Å²) in [4.78, 5) is 0. The zero-order valence-corrected chi connectivity index (χ0v) is 4.28. The first-order valence-corrected chi connectivity index (χ1v) is 2.12. The van der Waals surface area contributed by atoms with Crippen molar-refractivity contribution in [2.24, 2.45) is 0 Å². The predicted molar refractivity (Wildman–Crippen MR) is 13.3 cm³/mol. The molecule has 0 spiro atoms. The first-order valence-electron chi connectivity index (χ1n) is 0.707. The minimum absolute atomic E-state index is 1.00. The molecule has 0 atom stereocenters. The van der Waals surface area contributed by atoms with Crippen LogP contribution in [0.5, 0.6) is 0 Å². The van der Waals surface area contributed by atoms with E-state index in [4.69, 9.17) is 3.80 Å². The van der Waals surface area contributed by atoms with Crippen LogP contribution in [0, 0.1) is 0 Å². The molecule has 0 rings (SSSR count). The van der Waals surface area contributed by atoms with E-state index >= 15 is 0 Å². The van der Waals surface area contributed by atoms with E-state index in [1.807, 2.05) is 16.6 Å². The minimum atomic E-state index is -1.00. The van der Waals surface area contributed by atoms with Gasteiger partial charge in [-0.2, -0.15) is 0 Å². The Morgan fingerprint density at radius 1 is 2.00 bits per heavy atom. The van der Waals surface area contributed by atoms with Crippen molar-refractivity contribution >= 4 is 32.1 Å². The monoisotopic (exact) mass is 86.0 g/mol. The van der Waals surface area contributed by atoms with E-state index in [0.29, 0.717) is 0 Å². The van der Waals surface area contributed by atoms with Gasteiger partial charge in [0.1, 0.15) is 0 Å². The zero-order chi connectivity index (χ0) is 3.41. The first kappa shape index (κ1) is 4.66. The Bertz CT molecular complexity index is 18.0. The van der Waals surface area contributed by atoms with Crippen molar-refractivity contribution in [2.75, 3.05) is 0 Å². The molecule has 0 aromatic carbocycles. The molecule has 0 unspecified atom stereocenters. The second-order valence-corrected chi connectivity index (χ2v) is 1.51. The molecule has 2 radical (unpaired) electrons. The number of rotatable bonds is 1. The predicted octanol–water partition coefficient (Wildman–Crippen LogP) is -0.949. The molecule has 0 bridgehead atoms. The quantitative estimate of drug-likeness (QED) is 0.384. The summed E-state index contributed by atoms with van der Waals surface area (Å²) < 4.78 is 13.1. The molecule has 0 aliphatic rings. The fraction of sp³-hybridized carbons (Fsp3) is 0. The number of hydrogen-bond donors (Lipinski definition) is 0. The number of hydrogen-bond acceptors (Lipinski definition) is 2. The van der Waals surface area contributed by atoms with E-state index in [1.165, 1.54) is 0 Å². The summed E-state index contributed by atoms with van der Waals surface area (Å²) in [5, 5.41) is 0. The maximum atomic E-state index is 9.14. The van der Waals surface area contributed by atoms with Crippen molar-refractivity contribution in [3.63, 3.8) is 0 Å². The van der Waals surface area contributed by atoms with Crippen LogP contribution in [0.2, 0.25) is 0 Å². The molecule has 0 aromatic rings. The summed E-state index contributed by atoms with van der Waals surface area (Å²) >= 11 is 0.875. The van der Waals surface area contributed by atoms with E-state index in [1.54, 1.807) is 0 Å². The van der Waals surface area contributed by atoms with E-state index in [9.17, 15) is 0 Å². The van der Waals surface area contributed by atoms with Gasteiger partial charge in [0.25, 0.3) is 0 Å². The Balaban J connectivity index is 2.30. The molecular formula is Al2O2. The van der Waals surface area contributed by atoms with Gasteiger partial charge in [0, 0.05) is 0 Å². The fourth-order valence-corrected chi connectivity index (χ4v) is 0. The molecule has 0 aliphatic carbocycles. The first-order chi connectivity index (χ1) is 1.91. The zero-order valence-electron chi connectivity index (χ0n) is 1.97. The summed E-state index contributed by atoms with van der Waals surface area (Å²) in [7, 11) is 0. The molecule has 18 valence electrons. The summed E-state index contributed by atoms with van der Waals surface area (Å²) in [5.74, 6) is 0. The molecule has 0 amide bonds. The Labute approximate surface area is 39.2 Å². The SMILES string of the molecule is [O]=[Al][O][Al]. The Morgan fingerprint density at radius 2 is 2.25 bits per heavy atom. The molecule has 0 saturated carbocycles. The maximum absolute atomic E-state index is 9.14. The molecule has 0 fully saturated rings. The molecule has 4 heavy (non-hydrogen) atoms. The Hall–Kier alpha value is 0.665. The van der Waals surface area contributed by atoms with Crippen molar-refractivity contribution in [2.45, 2.75) is 0 Å². The van der Waals surface area contributed by atoms with E-state index in [2.05, 4.69) is 2.84 Å². The molecule has 4 heteroatoms. The van der Waals surface area contributed by atoms with E-state index in [0.717, 1.165) is 0 Å². The van der Waals surface area contributed by atoms with Gasteiger partial charge < -0.3 is 0 Å². The topological polar surface area (TPSA) is 26.3 Å². The van der Waals surface area contributed by atoms with Crippen molar-refractivity contribution in [3.05, 3.63) is 0 Å². The Kier molecular flexibility index (Phi) is 4.27. The van der Waals surface area contributed by atoms with Crippen molar-refractivity contribution in [3.8, 4) is 0 Å². The summed E-state index contributed by atoms with van der Waals surface area (Å²) in [6, 6.07) is 0. The van der Waals surface area contributed by atoms with Crippen LogP contribution in [-0.2, 0) is 6.64 Å². The van der Waals surface area contributed by atoms with Gasteiger partial charge in [0.2, 0.25) is 0 Å². The van der Waals surface area contributed by atoms with Crippen molar-refractivity contribution < 1.29 is 6.64 Å². The van der Waals surface area contributed by atoms with Gasteiger partial charge in [0.15, 0.2) is 0 Å². The molecule has 0 aromatic heterocycles. The van der Waals surface area contributed by atoms with Gasteiger partial charge in [-0.1, -0.05) is 0 Å². The van der Waals surface area contributed by atoms with Gasteiger partial charge in [0.05, 0.1) is 0 Å². The molecule has 2 nitrogen and oxygen atoms in total. The summed E-state index contributed by atoms with van der Waals surface area (Å²) in [6.45, 7) is 0. The summed E-state index contributed by atoms with van der Waals surface area (Å²) in [5.41, 5.74) is 0. The average molecular weight is 86.0 g/mol. The third-order valence-corrected chi connectivity index (χ3v) is 0.500. The van der Waals surface area contributed by atoms with E-state index in [-0.39, 0.29) is 0 Å². The van der Waals surface area contributed by atoms with Crippen molar-refractivity contribution in [1.82, 2.24) is 0 Å². The van der Waals surface area contributed by atoms with Gasteiger partial charge in [-0.05, 0) is 0 Å². The van der Waals surface area contributed by atoms with Crippen LogP contribution in [0.3, 0.4) is 0 Å². The van der Waals surface area contributed by atoms with Gasteiger partial charge >= 0.3 is 38.8 Å². The van der Waals surface area contributed by atoms with Crippen LogP contribution in [0.25, 0.3) is 0 Å². The van der Waals surface area contributed by atoms with Crippen molar-refractivity contribution in [1.29, 1.82) is 0 Å². The van der Waals surface area contributed by atoms with Gasteiger partial charge in [-0.15, -0.1) is 0 Å². The third-order valence-electron chi connectivity index (χ3n) is 0.0556. The van der Waals surface area contributed by atoms with Crippen LogP contribution in [-0.4, -0.2) is 32.1 Å². The molecule has 0 aliphatic heterocycles. The Morgan fingerprint density at radius 3 is 2.25 bits per heavy atom. The fourth-order valence-electron chi connectivity index (χ4n) is 0. The van der Waals surface area contributed by atoms with E-state index < -0.39 is 15.5 Å². The second kappa shape index (κ2) is 3.66. The van der Waals surface area contributed by atoms with Crippen LogP contribution in [0.4, 0.5) is 0 Å². The molecular weight excluding hydrogens is 86.0 g/mol. The second-order valence-electron chi connectivity index (χ2n) is 0.232. The van der Waals surface area contributed by atoms with Gasteiger partial charge in [-0.25, -0.2) is 0 Å². The van der Waals surface area contributed by atoms with Crippen LogP contribution >= 0.6 is 0 Å². The molecule has 0 saturated heterocycles. The van der Waals surface area contributed by atoms with Crippen LogP contribution < -0.4 is 0 Å². The normalized spacial score (nSPS) is 4.00. The van der Waals surface area contributed by atoms with Crippen LogP contribution in [0.1, 0.15) is 0 Å². The average Bonchev–Trinajstić information content (AvgIpc) is 1.37. The molecule has 0 N–H and O–H groups in total. The standard InChI is InChI=1S/2Al.2O.